The maximum atomic E-state index is 14.5. The van der Waals surface area contributed by atoms with Crippen LogP contribution in [0.1, 0.15) is 12.8 Å². The van der Waals surface area contributed by atoms with Crippen LogP contribution in [0.3, 0.4) is 0 Å². The lowest BCUT2D eigenvalue weighted by Crippen LogP contribution is -2.28. The number of hydrogen-bond acceptors (Lipinski definition) is 4. The van der Waals surface area contributed by atoms with Crippen molar-refractivity contribution in [2.45, 2.75) is 12.8 Å². The molecule has 3 rings (SSSR count). The highest BCUT2D eigenvalue weighted by molar-refractivity contribution is 5.97. The third kappa shape index (κ3) is 2.55. The van der Waals surface area contributed by atoms with E-state index in [2.05, 4.69) is 10.1 Å². The Morgan fingerprint density at radius 3 is 2.86 bits per heavy atom. The Labute approximate surface area is 127 Å². The molecule has 0 bridgehead atoms. The summed E-state index contributed by atoms with van der Waals surface area (Å²) in [4.78, 5) is 15.9. The lowest BCUT2D eigenvalue weighted by molar-refractivity contribution is -0.118. The number of rotatable bonds is 3. The summed E-state index contributed by atoms with van der Waals surface area (Å²) in [5.41, 5.74) is 1.33. The zero-order valence-electron chi connectivity index (χ0n) is 12.0. The molecule has 2 heterocycles. The van der Waals surface area contributed by atoms with Gasteiger partial charge in [0.15, 0.2) is 0 Å². The molecule has 1 aromatic heterocycles. The van der Waals surface area contributed by atoms with Gasteiger partial charge in [-0.1, -0.05) is 0 Å². The molecule has 0 unspecified atom stereocenters. The maximum absolute atomic E-state index is 14.5. The first-order valence-electron chi connectivity index (χ1n) is 6.85. The Bertz CT molecular complexity index is 746. The summed E-state index contributed by atoms with van der Waals surface area (Å²) in [6.45, 7) is 0. The third-order valence-electron chi connectivity index (χ3n) is 3.37. The van der Waals surface area contributed by atoms with Gasteiger partial charge < -0.3 is 4.74 Å². The third-order valence-corrected chi connectivity index (χ3v) is 3.37. The van der Waals surface area contributed by atoms with Crippen LogP contribution in [0.15, 0.2) is 41.6 Å². The smallest absolute Gasteiger partial charge is 0.247 e. The van der Waals surface area contributed by atoms with E-state index in [-0.39, 0.29) is 5.91 Å². The lowest BCUT2D eigenvalue weighted by Gasteiger charge is -2.20. The van der Waals surface area contributed by atoms with E-state index >= 15 is 0 Å². The number of hydrazone groups is 1. The number of amides is 1. The zero-order chi connectivity index (χ0) is 15.5. The molecule has 0 fully saturated rings. The molecular weight excluding hydrogens is 285 g/mol. The predicted octanol–water partition coefficient (Wildman–Crippen LogP) is 3.01. The molecule has 0 saturated heterocycles. The van der Waals surface area contributed by atoms with Crippen LogP contribution >= 0.6 is 0 Å². The molecule has 5 nitrogen and oxygen atoms in total. The summed E-state index contributed by atoms with van der Waals surface area (Å²) in [6.07, 6.45) is 4.22. The van der Waals surface area contributed by atoms with Crippen LogP contribution < -0.4 is 9.75 Å². The number of benzene rings is 1. The number of methoxy groups -OCH3 is 1. The van der Waals surface area contributed by atoms with Crippen molar-refractivity contribution in [2.24, 2.45) is 5.10 Å². The Hall–Kier alpha value is -2.76. The fraction of sp³-hybridized carbons (Fsp3) is 0.188. The van der Waals surface area contributed by atoms with Crippen molar-refractivity contribution in [3.05, 3.63) is 42.3 Å². The van der Waals surface area contributed by atoms with Gasteiger partial charge in [0.05, 0.1) is 12.8 Å². The average Bonchev–Trinajstić information content (AvgIpc) is 2.55. The van der Waals surface area contributed by atoms with Gasteiger partial charge in [-0.2, -0.15) is 5.10 Å². The second-order valence-electron chi connectivity index (χ2n) is 4.77. The molecule has 22 heavy (non-hydrogen) atoms. The maximum Gasteiger partial charge on any atom is 0.247 e. The van der Waals surface area contributed by atoms with E-state index in [0.717, 1.165) is 0 Å². The molecule has 0 radical (unpaired) electrons. The van der Waals surface area contributed by atoms with Gasteiger partial charge in [0.25, 0.3) is 0 Å². The fourth-order valence-corrected chi connectivity index (χ4v) is 2.32. The molecule has 6 heteroatoms. The number of pyridine rings is 1. The van der Waals surface area contributed by atoms with Crippen molar-refractivity contribution in [1.29, 1.82) is 0 Å². The van der Waals surface area contributed by atoms with Gasteiger partial charge in [-0.3, -0.25) is 4.79 Å². The average molecular weight is 299 g/mol. The van der Waals surface area contributed by atoms with Crippen molar-refractivity contribution in [3.8, 4) is 17.0 Å². The van der Waals surface area contributed by atoms with Crippen molar-refractivity contribution in [1.82, 2.24) is 4.98 Å². The van der Waals surface area contributed by atoms with E-state index in [9.17, 15) is 9.18 Å². The first-order valence-corrected chi connectivity index (χ1v) is 6.85. The van der Waals surface area contributed by atoms with Crippen LogP contribution in [0.25, 0.3) is 11.1 Å². The van der Waals surface area contributed by atoms with Crippen molar-refractivity contribution < 1.29 is 13.9 Å². The van der Waals surface area contributed by atoms with E-state index in [4.69, 9.17) is 4.74 Å². The number of carbonyl (C=O) groups is 1. The van der Waals surface area contributed by atoms with Crippen LogP contribution in [-0.4, -0.2) is 24.2 Å². The van der Waals surface area contributed by atoms with Crippen molar-refractivity contribution in [3.63, 3.8) is 0 Å². The molecule has 112 valence electrons. The van der Waals surface area contributed by atoms with Crippen LogP contribution in [0, 0.1) is 5.82 Å². The fourth-order valence-electron chi connectivity index (χ4n) is 2.32. The molecule has 1 aliphatic heterocycles. The molecule has 0 atom stereocenters. The van der Waals surface area contributed by atoms with Crippen molar-refractivity contribution >= 4 is 17.8 Å². The number of carbonyl (C=O) groups excluding carboxylic acids is 1. The second-order valence-corrected chi connectivity index (χ2v) is 4.77. The van der Waals surface area contributed by atoms with E-state index in [1.807, 2.05) is 0 Å². The predicted molar refractivity (Wildman–Crippen MR) is 81.4 cm³/mol. The normalized spacial score (nSPS) is 14.3. The van der Waals surface area contributed by atoms with Gasteiger partial charge in [0, 0.05) is 36.0 Å². The standard InChI is InChI=1S/C16H14FN3O2/c1-22-16-13(4-2-8-18-16)12-7-6-11(10-14(12)17)20-15(21)5-3-9-19-20/h2,4,6-10H,3,5H2,1H3. The van der Waals surface area contributed by atoms with Gasteiger partial charge in [-0.05, 0) is 30.7 Å². The highest BCUT2D eigenvalue weighted by atomic mass is 19.1. The molecule has 0 saturated carbocycles. The lowest BCUT2D eigenvalue weighted by atomic mass is 10.1. The molecule has 0 spiro atoms. The molecule has 1 aliphatic rings. The molecule has 0 aliphatic carbocycles. The summed E-state index contributed by atoms with van der Waals surface area (Å²) >= 11 is 0. The Kier molecular flexibility index (Phi) is 3.82. The number of ether oxygens (including phenoxy) is 1. The van der Waals surface area contributed by atoms with Crippen LogP contribution in [-0.2, 0) is 4.79 Å². The van der Waals surface area contributed by atoms with Gasteiger partial charge in [0.2, 0.25) is 11.8 Å². The number of aromatic nitrogens is 1. The second kappa shape index (κ2) is 5.93. The quantitative estimate of drug-likeness (QED) is 0.875. The van der Waals surface area contributed by atoms with E-state index in [0.29, 0.717) is 35.5 Å². The zero-order valence-corrected chi connectivity index (χ0v) is 12.0. The Morgan fingerprint density at radius 1 is 1.27 bits per heavy atom. The van der Waals surface area contributed by atoms with E-state index < -0.39 is 5.82 Å². The van der Waals surface area contributed by atoms with Crippen molar-refractivity contribution in [2.75, 3.05) is 12.1 Å². The van der Waals surface area contributed by atoms with Gasteiger partial charge in [-0.25, -0.2) is 14.4 Å². The largest absolute Gasteiger partial charge is 0.481 e. The summed E-state index contributed by atoms with van der Waals surface area (Å²) in [6, 6.07) is 7.99. The minimum Gasteiger partial charge on any atom is -0.481 e. The summed E-state index contributed by atoms with van der Waals surface area (Å²) in [5.74, 6) is -0.257. The number of hydrogen-bond donors (Lipinski definition) is 0. The molecule has 2 aromatic rings. The minimum absolute atomic E-state index is 0.145. The topological polar surface area (TPSA) is 54.8 Å². The van der Waals surface area contributed by atoms with Gasteiger partial charge in [-0.15, -0.1) is 0 Å². The number of anilines is 1. The molecule has 1 aromatic carbocycles. The highest BCUT2D eigenvalue weighted by Gasteiger charge is 2.19. The first kappa shape index (κ1) is 14.2. The van der Waals surface area contributed by atoms with Crippen LogP contribution in [0.2, 0.25) is 0 Å². The first-order chi connectivity index (χ1) is 10.7. The van der Waals surface area contributed by atoms with Gasteiger partial charge >= 0.3 is 0 Å². The molecule has 0 N–H and O–H groups in total. The summed E-state index contributed by atoms with van der Waals surface area (Å²) in [5, 5.41) is 5.23. The molecular formula is C16H14FN3O2. The molecule has 1 amide bonds. The Morgan fingerprint density at radius 2 is 2.14 bits per heavy atom. The Balaban J connectivity index is 2.01. The van der Waals surface area contributed by atoms with Gasteiger partial charge in [0.1, 0.15) is 5.82 Å². The summed E-state index contributed by atoms with van der Waals surface area (Å²) < 4.78 is 19.6. The highest BCUT2D eigenvalue weighted by Crippen LogP contribution is 2.32. The van der Waals surface area contributed by atoms with E-state index in [1.54, 1.807) is 36.7 Å². The number of halogens is 1. The SMILES string of the molecule is COc1ncccc1-c1ccc(N2N=CCCC2=O)cc1F. The summed E-state index contributed by atoms with van der Waals surface area (Å²) in [7, 11) is 1.49. The number of nitrogens with zero attached hydrogens (tertiary/aromatic N) is 3. The minimum atomic E-state index is -0.461. The van der Waals surface area contributed by atoms with E-state index in [1.165, 1.54) is 18.2 Å². The van der Waals surface area contributed by atoms with Crippen LogP contribution in [0.4, 0.5) is 10.1 Å². The monoisotopic (exact) mass is 299 g/mol. The van der Waals surface area contributed by atoms with Crippen LogP contribution in [0.5, 0.6) is 5.88 Å².